The third-order valence-electron chi connectivity index (χ3n) is 4.51. The Morgan fingerprint density at radius 2 is 1.85 bits per heavy atom. The molecule has 0 fully saturated rings. The first-order valence-electron chi connectivity index (χ1n) is 8.43. The SMILES string of the molecule is Cc1nc(-c2ccncc2)ncc1[C@H](C)NC(=O)c1c(C)nn(C)c1C. The van der Waals surface area contributed by atoms with Crippen LogP contribution < -0.4 is 5.32 Å². The monoisotopic (exact) mass is 350 g/mol. The molecule has 7 heteroatoms. The van der Waals surface area contributed by atoms with E-state index in [-0.39, 0.29) is 11.9 Å². The van der Waals surface area contributed by atoms with Crippen LogP contribution in [0, 0.1) is 20.8 Å². The Hall–Kier alpha value is -3.09. The number of pyridine rings is 1. The molecule has 0 radical (unpaired) electrons. The average Bonchev–Trinajstić information content (AvgIpc) is 2.87. The van der Waals surface area contributed by atoms with Crippen molar-refractivity contribution >= 4 is 5.91 Å². The Morgan fingerprint density at radius 1 is 1.15 bits per heavy atom. The maximum Gasteiger partial charge on any atom is 0.255 e. The molecule has 0 aliphatic heterocycles. The number of nitrogens with one attached hydrogen (secondary N) is 1. The highest BCUT2D eigenvalue weighted by atomic mass is 16.1. The fourth-order valence-electron chi connectivity index (χ4n) is 2.99. The van der Waals surface area contributed by atoms with E-state index in [0.29, 0.717) is 11.4 Å². The van der Waals surface area contributed by atoms with Crippen LogP contribution in [0.2, 0.25) is 0 Å². The number of aromatic nitrogens is 5. The molecule has 0 aliphatic rings. The Bertz CT molecular complexity index is 948. The highest BCUT2D eigenvalue weighted by Gasteiger charge is 2.20. The molecule has 0 bridgehead atoms. The lowest BCUT2D eigenvalue weighted by atomic mass is 10.1. The number of aryl methyl sites for hydroxylation is 3. The molecular weight excluding hydrogens is 328 g/mol. The van der Waals surface area contributed by atoms with E-state index >= 15 is 0 Å². The van der Waals surface area contributed by atoms with Crippen LogP contribution in [0.5, 0.6) is 0 Å². The van der Waals surface area contributed by atoms with Crippen molar-refractivity contribution in [1.29, 1.82) is 0 Å². The highest BCUT2D eigenvalue weighted by molar-refractivity contribution is 5.96. The number of rotatable bonds is 4. The van der Waals surface area contributed by atoms with Crippen LogP contribution >= 0.6 is 0 Å². The van der Waals surface area contributed by atoms with Crippen LogP contribution in [0.4, 0.5) is 0 Å². The summed E-state index contributed by atoms with van der Waals surface area (Å²) < 4.78 is 1.72. The van der Waals surface area contributed by atoms with Gasteiger partial charge in [-0.3, -0.25) is 14.5 Å². The van der Waals surface area contributed by atoms with Gasteiger partial charge in [-0.15, -0.1) is 0 Å². The van der Waals surface area contributed by atoms with E-state index in [1.54, 1.807) is 23.3 Å². The summed E-state index contributed by atoms with van der Waals surface area (Å²) >= 11 is 0. The first kappa shape index (κ1) is 17.7. The summed E-state index contributed by atoms with van der Waals surface area (Å²) in [5.41, 5.74) is 4.80. The molecule has 0 saturated carbocycles. The minimum atomic E-state index is -0.215. The van der Waals surface area contributed by atoms with Crippen LogP contribution in [0.3, 0.4) is 0 Å². The van der Waals surface area contributed by atoms with Crippen molar-refractivity contribution in [3.05, 3.63) is 58.9 Å². The zero-order valence-corrected chi connectivity index (χ0v) is 15.6. The number of hydrogen-bond acceptors (Lipinski definition) is 5. The van der Waals surface area contributed by atoms with Crippen LogP contribution in [0.25, 0.3) is 11.4 Å². The number of nitrogens with zero attached hydrogens (tertiary/aromatic N) is 5. The van der Waals surface area contributed by atoms with E-state index in [4.69, 9.17) is 0 Å². The van der Waals surface area contributed by atoms with Gasteiger partial charge in [-0.1, -0.05) is 0 Å². The van der Waals surface area contributed by atoms with Gasteiger partial charge in [0.1, 0.15) is 0 Å². The van der Waals surface area contributed by atoms with E-state index in [9.17, 15) is 4.79 Å². The maximum absolute atomic E-state index is 12.7. The van der Waals surface area contributed by atoms with E-state index in [0.717, 1.165) is 28.2 Å². The van der Waals surface area contributed by atoms with Gasteiger partial charge in [0.25, 0.3) is 5.91 Å². The van der Waals surface area contributed by atoms with Crippen molar-refractivity contribution in [3.8, 4) is 11.4 Å². The molecule has 0 unspecified atom stereocenters. The number of hydrogen-bond donors (Lipinski definition) is 1. The number of amides is 1. The van der Waals surface area contributed by atoms with Crippen molar-refractivity contribution in [2.24, 2.45) is 7.05 Å². The minimum absolute atomic E-state index is 0.141. The van der Waals surface area contributed by atoms with Crippen molar-refractivity contribution in [2.75, 3.05) is 0 Å². The minimum Gasteiger partial charge on any atom is -0.345 e. The molecule has 7 nitrogen and oxygen atoms in total. The summed E-state index contributed by atoms with van der Waals surface area (Å²) in [5.74, 6) is 0.504. The average molecular weight is 350 g/mol. The molecule has 3 aromatic rings. The van der Waals surface area contributed by atoms with E-state index in [2.05, 4.69) is 25.4 Å². The second kappa shape index (κ2) is 7.03. The lowest BCUT2D eigenvalue weighted by molar-refractivity contribution is 0.0938. The largest absolute Gasteiger partial charge is 0.345 e. The zero-order chi connectivity index (χ0) is 18.8. The van der Waals surface area contributed by atoms with Gasteiger partial charge in [0.15, 0.2) is 5.82 Å². The number of carbonyl (C=O) groups excluding carboxylic acids is 1. The van der Waals surface area contributed by atoms with Crippen molar-refractivity contribution in [3.63, 3.8) is 0 Å². The summed E-state index contributed by atoms with van der Waals surface area (Å²) in [5, 5.41) is 7.33. The van der Waals surface area contributed by atoms with Gasteiger partial charge in [0.05, 0.1) is 17.3 Å². The van der Waals surface area contributed by atoms with Crippen LogP contribution in [-0.4, -0.2) is 30.6 Å². The third kappa shape index (κ3) is 3.33. The molecule has 134 valence electrons. The van der Waals surface area contributed by atoms with Crippen molar-refractivity contribution < 1.29 is 4.79 Å². The lowest BCUT2D eigenvalue weighted by Crippen LogP contribution is -2.28. The number of carbonyl (C=O) groups is 1. The molecule has 1 atom stereocenters. The van der Waals surface area contributed by atoms with Crippen LogP contribution in [-0.2, 0) is 7.05 Å². The van der Waals surface area contributed by atoms with Crippen molar-refractivity contribution in [2.45, 2.75) is 33.7 Å². The van der Waals surface area contributed by atoms with E-state index < -0.39 is 0 Å². The second-order valence-corrected chi connectivity index (χ2v) is 6.33. The van der Waals surface area contributed by atoms with Gasteiger partial charge in [-0.2, -0.15) is 5.10 Å². The van der Waals surface area contributed by atoms with E-state index in [1.807, 2.05) is 46.9 Å². The Morgan fingerprint density at radius 3 is 2.42 bits per heavy atom. The Labute approximate surface area is 152 Å². The van der Waals surface area contributed by atoms with Gasteiger partial charge >= 0.3 is 0 Å². The summed E-state index contributed by atoms with van der Waals surface area (Å²) in [4.78, 5) is 25.7. The fraction of sp³-hybridized carbons (Fsp3) is 0.316. The summed E-state index contributed by atoms with van der Waals surface area (Å²) in [6.45, 7) is 7.57. The highest BCUT2D eigenvalue weighted by Crippen LogP contribution is 2.20. The first-order chi connectivity index (χ1) is 12.4. The van der Waals surface area contributed by atoms with Crippen molar-refractivity contribution in [1.82, 2.24) is 30.0 Å². The van der Waals surface area contributed by atoms with Gasteiger partial charge in [-0.25, -0.2) is 9.97 Å². The second-order valence-electron chi connectivity index (χ2n) is 6.33. The van der Waals surface area contributed by atoms with Gasteiger partial charge in [0, 0.05) is 48.2 Å². The van der Waals surface area contributed by atoms with Crippen LogP contribution in [0.15, 0.2) is 30.7 Å². The predicted octanol–water partition coefficient (Wildman–Crippen LogP) is 2.69. The molecular formula is C19H22N6O. The predicted molar refractivity (Wildman–Crippen MR) is 98.6 cm³/mol. The maximum atomic E-state index is 12.7. The van der Waals surface area contributed by atoms with E-state index in [1.165, 1.54) is 0 Å². The first-order valence-corrected chi connectivity index (χ1v) is 8.43. The quantitative estimate of drug-likeness (QED) is 0.782. The summed E-state index contributed by atoms with van der Waals surface area (Å²) in [6, 6.07) is 3.52. The molecule has 3 heterocycles. The third-order valence-corrected chi connectivity index (χ3v) is 4.51. The molecule has 0 spiro atoms. The Kier molecular flexibility index (Phi) is 4.79. The molecule has 3 aromatic heterocycles. The molecule has 0 saturated heterocycles. The topological polar surface area (TPSA) is 85.6 Å². The molecule has 0 aromatic carbocycles. The van der Waals surface area contributed by atoms with Crippen LogP contribution in [0.1, 0.15) is 46.0 Å². The smallest absolute Gasteiger partial charge is 0.255 e. The lowest BCUT2D eigenvalue weighted by Gasteiger charge is -2.16. The fourth-order valence-corrected chi connectivity index (χ4v) is 2.99. The molecule has 0 aliphatic carbocycles. The van der Waals surface area contributed by atoms with Gasteiger partial charge < -0.3 is 5.32 Å². The molecule has 26 heavy (non-hydrogen) atoms. The molecule has 1 N–H and O–H groups in total. The molecule has 1 amide bonds. The zero-order valence-electron chi connectivity index (χ0n) is 15.6. The Balaban J connectivity index is 1.82. The molecule has 3 rings (SSSR count). The standard InChI is InChI=1S/C19H22N6O/c1-11-16(10-21-18(22-11)15-6-8-20-9-7-15)12(2)23-19(26)17-13(3)24-25(5)14(17)4/h6-10,12H,1-5H3,(H,23,26)/t12-/m0/s1. The summed E-state index contributed by atoms with van der Waals surface area (Å²) in [6.07, 6.45) is 5.19. The van der Waals surface area contributed by atoms with Gasteiger partial charge in [0.2, 0.25) is 0 Å². The summed E-state index contributed by atoms with van der Waals surface area (Å²) in [7, 11) is 1.83. The van der Waals surface area contributed by atoms with Gasteiger partial charge in [-0.05, 0) is 39.8 Å². The normalized spacial score (nSPS) is 12.0.